The minimum atomic E-state index is -0.00976. The second-order valence-corrected chi connectivity index (χ2v) is 7.16. The molecule has 0 unspecified atom stereocenters. The van der Waals surface area contributed by atoms with Gasteiger partial charge < -0.3 is 15.1 Å². The Kier molecular flexibility index (Phi) is 4.46. The molecule has 3 aromatic rings. The Morgan fingerprint density at radius 3 is 2.77 bits per heavy atom. The Balaban J connectivity index is 1.37. The minimum absolute atomic E-state index is 0.00976. The van der Waals surface area contributed by atoms with Crippen LogP contribution in [0, 0.1) is 6.92 Å². The van der Waals surface area contributed by atoms with E-state index in [0.29, 0.717) is 19.6 Å². The fourth-order valence-electron chi connectivity index (χ4n) is 3.17. The summed E-state index contributed by atoms with van der Waals surface area (Å²) in [7, 11) is 1.87. The van der Waals surface area contributed by atoms with Gasteiger partial charge >= 0.3 is 6.03 Å². The monoisotopic (exact) mass is 371 g/mol. The van der Waals surface area contributed by atoms with Crippen LogP contribution in [-0.4, -0.2) is 56.9 Å². The molecule has 1 aliphatic rings. The number of carbonyl (C=O) groups excluding carboxylic acids is 1. The third kappa shape index (κ3) is 3.10. The van der Waals surface area contributed by atoms with E-state index in [2.05, 4.69) is 43.0 Å². The van der Waals surface area contributed by atoms with Crippen LogP contribution in [0.1, 0.15) is 11.1 Å². The number of carbonyl (C=O) groups is 1. The first kappa shape index (κ1) is 16.8. The van der Waals surface area contributed by atoms with Gasteiger partial charge in [0, 0.05) is 39.8 Å². The van der Waals surface area contributed by atoms with Crippen LogP contribution in [0.5, 0.6) is 0 Å². The fraction of sp³-hybridized carbons (Fsp3) is 0.412. The first-order valence-electron chi connectivity index (χ1n) is 8.55. The van der Waals surface area contributed by atoms with Crippen molar-refractivity contribution in [2.75, 3.05) is 31.1 Å². The van der Waals surface area contributed by atoms with E-state index in [-0.39, 0.29) is 6.03 Å². The maximum atomic E-state index is 12.4. The van der Waals surface area contributed by atoms with Gasteiger partial charge in [0.2, 0.25) is 0 Å². The third-order valence-electron chi connectivity index (χ3n) is 4.77. The fourth-order valence-corrected chi connectivity index (χ4v) is 4.03. The van der Waals surface area contributed by atoms with Crippen molar-refractivity contribution in [1.82, 2.24) is 30.0 Å². The van der Waals surface area contributed by atoms with Crippen molar-refractivity contribution >= 4 is 34.2 Å². The van der Waals surface area contributed by atoms with Gasteiger partial charge in [-0.1, -0.05) is 0 Å². The molecule has 26 heavy (non-hydrogen) atoms. The number of aromatic nitrogens is 4. The molecule has 8 nitrogen and oxygen atoms in total. The lowest BCUT2D eigenvalue weighted by Crippen LogP contribution is -2.52. The smallest absolute Gasteiger partial charge is 0.317 e. The van der Waals surface area contributed by atoms with E-state index in [1.807, 2.05) is 11.9 Å². The molecule has 1 N–H and O–H groups in total. The van der Waals surface area contributed by atoms with Crippen LogP contribution in [0.2, 0.25) is 0 Å². The van der Waals surface area contributed by atoms with E-state index in [1.54, 1.807) is 28.5 Å². The predicted molar refractivity (Wildman–Crippen MR) is 101 cm³/mol. The maximum Gasteiger partial charge on any atom is 0.317 e. The first-order valence-corrected chi connectivity index (χ1v) is 9.50. The number of fused-ring (bicyclic) bond motifs is 1. The van der Waals surface area contributed by atoms with E-state index >= 15 is 0 Å². The lowest BCUT2D eigenvalue weighted by molar-refractivity contribution is 0.194. The van der Waals surface area contributed by atoms with Gasteiger partial charge in [0.25, 0.3) is 0 Å². The van der Waals surface area contributed by atoms with Crippen LogP contribution in [0.25, 0.3) is 11.0 Å². The van der Waals surface area contributed by atoms with E-state index in [1.165, 1.54) is 11.1 Å². The maximum absolute atomic E-state index is 12.4. The summed E-state index contributed by atoms with van der Waals surface area (Å²) in [5, 5.41) is 12.4. The van der Waals surface area contributed by atoms with Crippen LogP contribution >= 0.6 is 11.3 Å². The zero-order valence-electron chi connectivity index (χ0n) is 14.8. The molecule has 3 aromatic heterocycles. The number of aryl methyl sites for hydroxylation is 2. The second-order valence-electron chi connectivity index (χ2n) is 6.42. The molecule has 9 heteroatoms. The summed E-state index contributed by atoms with van der Waals surface area (Å²) < 4.78 is 1.75. The number of rotatable bonds is 3. The Labute approximate surface area is 155 Å². The minimum Gasteiger partial charge on any atom is -0.352 e. The number of hydrogen-bond acceptors (Lipinski definition) is 6. The van der Waals surface area contributed by atoms with Gasteiger partial charge in [0.1, 0.15) is 12.1 Å². The summed E-state index contributed by atoms with van der Waals surface area (Å²) in [6.45, 7) is 5.46. The number of amides is 2. The zero-order valence-corrected chi connectivity index (χ0v) is 15.7. The Bertz CT molecular complexity index is 926. The quantitative estimate of drug-likeness (QED) is 0.759. The second kappa shape index (κ2) is 6.91. The summed E-state index contributed by atoms with van der Waals surface area (Å²) in [5.41, 5.74) is 3.23. The normalized spacial score (nSPS) is 14.8. The van der Waals surface area contributed by atoms with Crippen molar-refractivity contribution in [2.45, 2.75) is 13.5 Å². The van der Waals surface area contributed by atoms with Crippen LogP contribution in [0.3, 0.4) is 0 Å². The summed E-state index contributed by atoms with van der Waals surface area (Å²) in [5.74, 6) is 0.886. The summed E-state index contributed by atoms with van der Waals surface area (Å²) in [6.07, 6.45) is 3.37. The van der Waals surface area contributed by atoms with Gasteiger partial charge in [-0.2, -0.15) is 16.4 Å². The number of urea groups is 1. The van der Waals surface area contributed by atoms with Gasteiger partial charge in [-0.05, 0) is 28.8 Å². The Hall–Kier alpha value is -2.68. The number of thiophene rings is 1. The lowest BCUT2D eigenvalue weighted by Gasteiger charge is -2.35. The van der Waals surface area contributed by atoms with E-state index in [9.17, 15) is 4.79 Å². The van der Waals surface area contributed by atoms with Crippen molar-refractivity contribution in [3.05, 3.63) is 34.4 Å². The standard InChI is InChI=1S/C17H21N7OS/c1-12-9-26-10-13(12)7-18-17(25)24-5-3-23(4-6-24)16-14-8-21-22(2)15(14)19-11-20-16/h8-11H,3-7H2,1-2H3,(H,18,25). The van der Waals surface area contributed by atoms with Crippen molar-refractivity contribution in [1.29, 1.82) is 0 Å². The summed E-state index contributed by atoms with van der Waals surface area (Å²) in [4.78, 5) is 25.2. The molecule has 0 aromatic carbocycles. The van der Waals surface area contributed by atoms with Gasteiger partial charge in [-0.3, -0.25) is 4.68 Å². The lowest BCUT2D eigenvalue weighted by atomic mass is 10.2. The average molecular weight is 371 g/mol. The largest absolute Gasteiger partial charge is 0.352 e. The molecule has 0 spiro atoms. The molecule has 0 saturated carbocycles. The molecule has 1 saturated heterocycles. The van der Waals surface area contributed by atoms with Crippen LogP contribution in [-0.2, 0) is 13.6 Å². The number of anilines is 1. The van der Waals surface area contributed by atoms with Gasteiger partial charge in [-0.25, -0.2) is 14.8 Å². The van der Waals surface area contributed by atoms with Crippen LogP contribution < -0.4 is 10.2 Å². The zero-order chi connectivity index (χ0) is 18.1. The topological polar surface area (TPSA) is 79.2 Å². The van der Waals surface area contributed by atoms with E-state index < -0.39 is 0 Å². The highest BCUT2D eigenvalue weighted by Crippen LogP contribution is 2.23. The van der Waals surface area contributed by atoms with Crippen molar-refractivity contribution < 1.29 is 4.79 Å². The highest BCUT2D eigenvalue weighted by molar-refractivity contribution is 7.08. The Morgan fingerprint density at radius 1 is 1.23 bits per heavy atom. The molecular formula is C17H21N7OS. The molecule has 0 bridgehead atoms. The predicted octanol–water partition coefficient (Wildman–Crippen LogP) is 1.77. The van der Waals surface area contributed by atoms with Gasteiger partial charge in [0.15, 0.2) is 5.65 Å². The molecule has 0 radical (unpaired) electrons. The summed E-state index contributed by atoms with van der Waals surface area (Å²) >= 11 is 1.66. The molecule has 2 amide bonds. The first-order chi connectivity index (χ1) is 12.6. The molecule has 4 heterocycles. The Morgan fingerprint density at radius 2 is 2.04 bits per heavy atom. The number of hydrogen-bond donors (Lipinski definition) is 1. The number of nitrogens with one attached hydrogen (secondary N) is 1. The number of nitrogens with zero attached hydrogens (tertiary/aromatic N) is 6. The molecule has 0 atom stereocenters. The highest BCUT2D eigenvalue weighted by Gasteiger charge is 2.23. The third-order valence-corrected chi connectivity index (χ3v) is 5.68. The van der Waals surface area contributed by atoms with Gasteiger partial charge in [-0.15, -0.1) is 0 Å². The molecule has 136 valence electrons. The molecule has 4 rings (SSSR count). The van der Waals surface area contributed by atoms with E-state index in [0.717, 1.165) is 29.9 Å². The van der Waals surface area contributed by atoms with Crippen molar-refractivity contribution in [2.24, 2.45) is 7.05 Å². The van der Waals surface area contributed by atoms with Crippen molar-refractivity contribution in [3.63, 3.8) is 0 Å². The van der Waals surface area contributed by atoms with Gasteiger partial charge in [0.05, 0.1) is 11.6 Å². The SMILES string of the molecule is Cc1cscc1CNC(=O)N1CCN(c2ncnc3c2cnn3C)CC1. The molecule has 1 aliphatic heterocycles. The van der Waals surface area contributed by atoms with Crippen LogP contribution in [0.4, 0.5) is 10.6 Å². The molecule has 1 fully saturated rings. The highest BCUT2D eigenvalue weighted by atomic mass is 32.1. The van der Waals surface area contributed by atoms with E-state index in [4.69, 9.17) is 0 Å². The number of piperazine rings is 1. The molecule has 0 aliphatic carbocycles. The summed E-state index contributed by atoms with van der Waals surface area (Å²) in [6, 6.07) is -0.00976. The van der Waals surface area contributed by atoms with Crippen LogP contribution in [0.15, 0.2) is 23.3 Å². The molecular weight excluding hydrogens is 350 g/mol. The van der Waals surface area contributed by atoms with Crippen molar-refractivity contribution in [3.8, 4) is 0 Å². The average Bonchev–Trinajstić information content (AvgIpc) is 3.25.